The van der Waals surface area contributed by atoms with Crippen molar-refractivity contribution in [1.29, 1.82) is 0 Å². The lowest BCUT2D eigenvalue weighted by Gasteiger charge is -2.14. The largest absolute Gasteiger partial charge is 0.357 e. The van der Waals surface area contributed by atoms with E-state index in [0.29, 0.717) is 6.54 Å². The second-order valence-corrected chi connectivity index (χ2v) is 7.15. The number of rotatable bonds is 6. The highest BCUT2D eigenvalue weighted by atomic mass is 127. The van der Waals surface area contributed by atoms with Crippen molar-refractivity contribution in [3.8, 4) is 0 Å². The molecule has 1 aromatic heterocycles. The Labute approximate surface area is 153 Å². The highest BCUT2D eigenvalue weighted by Crippen LogP contribution is 2.25. The van der Waals surface area contributed by atoms with E-state index in [9.17, 15) is 0 Å². The SMILES string of the molecule is CCNC(=NCc1csc(CC)n1)NCC1CCCS1.I. The van der Waals surface area contributed by atoms with E-state index < -0.39 is 0 Å². The van der Waals surface area contributed by atoms with E-state index in [0.717, 1.165) is 36.4 Å². The molecule has 4 nitrogen and oxygen atoms in total. The van der Waals surface area contributed by atoms with Crippen molar-refractivity contribution >= 4 is 53.0 Å². The molecule has 0 aromatic carbocycles. The fourth-order valence-electron chi connectivity index (χ4n) is 2.10. The van der Waals surface area contributed by atoms with Crippen molar-refractivity contribution in [2.45, 2.75) is 44.9 Å². The van der Waals surface area contributed by atoms with Crippen LogP contribution in [0, 0.1) is 0 Å². The number of thioether (sulfide) groups is 1. The normalized spacial score (nSPS) is 18.4. The maximum atomic E-state index is 4.62. The van der Waals surface area contributed by atoms with E-state index >= 15 is 0 Å². The van der Waals surface area contributed by atoms with Gasteiger partial charge in [-0.25, -0.2) is 9.98 Å². The number of guanidine groups is 1. The number of aliphatic imine (C=N–C) groups is 1. The molecule has 21 heavy (non-hydrogen) atoms. The second-order valence-electron chi connectivity index (χ2n) is 4.80. The number of aromatic nitrogens is 1. The van der Waals surface area contributed by atoms with Gasteiger partial charge in [0.1, 0.15) is 0 Å². The molecule has 1 saturated heterocycles. The molecule has 1 unspecified atom stereocenters. The van der Waals surface area contributed by atoms with Gasteiger partial charge in [-0.05, 0) is 31.9 Å². The van der Waals surface area contributed by atoms with Crippen molar-refractivity contribution < 1.29 is 0 Å². The van der Waals surface area contributed by atoms with Gasteiger partial charge in [0.25, 0.3) is 0 Å². The smallest absolute Gasteiger partial charge is 0.191 e. The fraction of sp³-hybridized carbons (Fsp3) is 0.714. The van der Waals surface area contributed by atoms with E-state index in [-0.39, 0.29) is 24.0 Å². The molecule has 0 bridgehead atoms. The Hall–Kier alpha value is -0.0200. The minimum atomic E-state index is 0. The van der Waals surface area contributed by atoms with Crippen LogP contribution in [0.3, 0.4) is 0 Å². The van der Waals surface area contributed by atoms with Crippen molar-refractivity contribution in [3.05, 3.63) is 16.1 Å². The van der Waals surface area contributed by atoms with Gasteiger partial charge in [0, 0.05) is 23.7 Å². The Balaban J connectivity index is 0.00000220. The van der Waals surface area contributed by atoms with E-state index in [1.165, 1.54) is 23.6 Å². The molecule has 1 aliphatic rings. The maximum Gasteiger partial charge on any atom is 0.191 e. The first-order valence-electron chi connectivity index (χ1n) is 7.38. The lowest BCUT2D eigenvalue weighted by molar-refractivity contribution is 0.726. The van der Waals surface area contributed by atoms with Crippen LogP contribution in [0.25, 0.3) is 0 Å². The first kappa shape index (κ1) is 19.0. The van der Waals surface area contributed by atoms with E-state index in [2.05, 4.69) is 51.6 Å². The topological polar surface area (TPSA) is 49.3 Å². The number of hydrogen-bond donors (Lipinski definition) is 2. The van der Waals surface area contributed by atoms with Gasteiger partial charge in [-0.2, -0.15) is 11.8 Å². The minimum Gasteiger partial charge on any atom is -0.357 e. The lowest BCUT2D eigenvalue weighted by Crippen LogP contribution is -2.40. The molecule has 120 valence electrons. The summed E-state index contributed by atoms with van der Waals surface area (Å²) in [6, 6.07) is 0. The molecule has 0 amide bonds. The van der Waals surface area contributed by atoms with Gasteiger partial charge in [-0.1, -0.05) is 6.92 Å². The number of aryl methyl sites for hydroxylation is 1. The van der Waals surface area contributed by atoms with Crippen molar-refractivity contribution in [3.63, 3.8) is 0 Å². The van der Waals surface area contributed by atoms with Crippen LogP contribution in [0.2, 0.25) is 0 Å². The Kier molecular flexibility index (Phi) is 9.66. The van der Waals surface area contributed by atoms with Crippen LogP contribution in [0.1, 0.15) is 37.4 Å². The molecule has 2 rings (SSSR count). The van der Waals surface area contributed by atoms with Gasteiger partial charge in [0.15, 0.2) is 5.96 Å². The maximum absolute atomic E-state index is 4.62. The summed E-state index contributed by atoms with van der Waals surface area (Å²) in [5.74, 6) is 2.21. The van der Waals surface area contributed by atoms with Gasteiger partial charge >= 0.3 is 0 Å². The Morgan fingerprint density at radius 1 is 1.43 bits per heavy atom. The molecule has 1 atom stereocenters. The first-order valence-corrected chi connectivity index (χ1v) is 9.31. The van der Waals surface area contributed by atoms with Crippen LogP contribution in [-0.2, 0) is 13.0 Å². The molecule has 0 spiro atoms. The van der Waals surface area contributed by atoms with Crippen molar-refractivity contribution in [1.82, 2.24) is 15.6 Å². The van der Waals surface area contributed by atoms with E-state index in [1.54, 1.807) is 11.3 Å². The third-order valence-corrected chi connectivity index (χ3v) is 5.61. The van der Waals surface area contributed by atoms with E-state index in [1.807, 2.05) is 0 Å². The Morgan fingerprint density at radius 3 is 2.90 bits per heavy atom. The summed E-state index contributed by atoms with van der Waals surface area (Å²) in [6.07, 6.45) is 3.68. The van der Waals surface area contributed by atoms with Gasteiger partial charge in [-0.3, -0.25) is 0 Å². The number of halogens is 1. The predicted molar refractivity (Wildman–Crippen MR) is 105 cm³/mol. The molecule has 2 heterocycles. The second kappa shape index (κ2) is 10.7. The highest BCUT2D eigenvalue weighted by molar-refractivity contribution is 14.0. The molecule has 1 aromatic rings. The van der Waals surface area contributed by atoms with Crippen LogP contribution in [0.4, 0.5) is 0 Å². The molecule has 7 heteroatoms. The van der Waals surface area contributed by atoms with Gasteiger partial charge in [0.2, 0.25) is 0 Å². The predicted octanol–water partition coefficient (Wildman–Crippen LogP) is 3.27. The zero-order valence-electron chi connectivity index (χ0n) is 12.7. The number of thiazole rings is 1. The molecular formula is C14H25IN4S2. The van der Waals surface area contributed by atoms with Crippen LogP contribution in [0.5, 0.6) is 0 Å². The van der Waals surface area contributed by atoms with Crippen molar-refractivity contribution in [2.24, 2.45) is 4.99 Å². The number of nitrogens with one attached hydrogen (secondary N) is 2. The van der Waals surface area contributed by atoms with Crippen LogP contribution in [-0.4, -0.2) is 35.0 Å². The highest BCUT2D eigenvalue weighted by Gasteiger charge is 2.15. The zero-order chi connectivity index (χ0) is 14.2. The monoisotopic (exact) mass is 440 g/mol. The van der Waals surface area contributed by atoms with Crippen molar-refractivity contribution in [2.75, 3.05) is 18.8 Å². The van der Waals surface area contributed by atoms with Gasteiger partial charge < -0.3 is 10.6 Å². The van der Waals surface area contributed by atoms with Gasteiger partial charge in [0.05, 0.1) is 17.2 Å². The summed E-state index contributed by atoms with van der Waals surface area (Å²) in [4.78, 5) is 9.17. The number of hydrogen-bond acceptors (Lipinski definition) is 4. The molecule has 1 aliphatic heterocycles. The lowest BCUT2D eigenvalue weighted by atomic mass is 10.2. The average molecular weight is 440 g/mol. The fourth-order valence-corrected chi connectivity index (χ4v) is 4.04. The molecule has 0 radical (unpaired) electrons. The molecular weight excluding hydrogens is 415 g/mol. The number of nitrogens with zero attached hydrogens (tertiary/aromatic N) is 2. The van der Waals surface area contributed by atoms with E-state index in [4.69, 9.17) is 0 Å². The summed E-state index contributed by atoms with van der Waals surface area (Å²) in [7, 11) is 0. The molecule has 0 aliphatic carbocycles. The van der Waals surface area contributed by atoms with Crippen LogP contribution >= 0.6 is 47.1 Å². The third-order valence-electron chi connectivity index (χ3n) is 3.17. The summed E-state index contributed by atoms with van der Waals surface area (Å²) in [5, 5.41) is 10.8. The van der Waals surface area contributed by atoms with Crippen LogP contribution < -0.4 is 10.6 Å². The Morgan fingerprint density at radius 2 is 2.29 bits per heavy atom. The summed E-state index contributed by atoms with van der Waals surface area (Å²) in [6.45, 7) is 6.79. The Bertz CT molecular complexity index is 430. The summed E-state index contributed by atoms with van der Waals surface area (Å²) < 4.78 is 0. The van der Waals surface area contributed by atoms with Crippen LogP contribution in [0.15, 0.2) is 10.4 Å². The standard InChI is InChI=1S/C14H24N4S2.HI/c1-3-13-18-11(10-20-13)8-16-14(15-4-2)17-9-12-6-5-7-19-12;/h10,12H,3-9H2,1-2H3,(H2,15,16,17);1H. The quantitative estimate of drug-likeness (QED) is 0.405. The molecule has 0 saturated carbocycles. The summed E-state index contributed by atoms with van der Waals surface area (Å²) in [5.41, 5.74) is 1.07. The minimum absolute atomic E-state index is 0. The molecule has 1 fully saturated rings. The first-order chi connectivity index (χ1) is 9.81. The summed E-state index contributed by atoms with van der Waals surface area (Å²) >= 11 is 3.79. The van der Waals surface area contributed by atoms with Gasteiger partial charge in [-0.15, -0.1) is 35.3 Å². The molecule has 2 N–H and O–H groups in total. The zero-order valence-corrected chi connectivity index (χ0v) is 16.7. The third kappa shape index (κ3) is 6.73. The average Bonchev–Trinajstić information content (AvgIpc) is 3.13.